The maximum absolute atomic E-state index is 12.0. The Morgan fingerprint density at radius 1 is 1.43 bits per heavy atom. The number of aliphatic carboxylic acids is 2. The van der Waals surface area contributed by atoms with Gasteiger partial charge in [-0.1, -0.05) is 0 Å². The first kappa shape index (κ1) is 10.9. The van der Waals surface area contributed by atoms with Crippen LogP contribution < -0.4 is 5.73 Å². The van der Waals surface area contributed by atoms with Crippen LogP contribution >= 0.6 is 0 Å². The summed E-state index contributed by atoms with van der Waals surface area (Å²) in [6, 6.07) is -1.20. The summed E-state index contributed by atoms with van der Waals surface area (Å²) in [6.45, 7) is -0.642. The molecule has 1 rings (SSSR count). The van der Waals surface area contributed by atoms with Gasteiger partial charge in [0.05, 0.1) is 12.6 Å². The molecule has 14 heavy (non-hydrogen) atoms. The van der Waals surface area contributed by atoms with Crippen molar-refractivity contribution in [3.63, 3.8) is 0 Å². The van der Waals surface area contributed by atoms with Gasteiger partial charge in [-0.15, -0.1) is 0 Å². The second kappa shape index (κ2) is 3.91. The fourth-order valence-corrected chi connectivity index (χ4v) is 1.90. The summed E-state index contributed by atoms with van der Waals surface area (Å²) in [5.41, 5.74) is 5.29. The number of hydrogen-bond acceptors (Lipinski definition) is 3. The van der Waals surface area contributed by atoms with Crippen molar-refractivity contribution in [2.45, 2.75) is 12.5 Å². The van der Waals surface area contributed by atoms with Gasteiger partial charge in [0.2, 0.25) is 0 Å². The average Bonchev–Trinajstić information content (AvgIpc) is 2.78. The lowest BCUT2D eigenvalue weighted by molar-refractivity contribution is -0.140. The molecule has 1 aliphatic carbocycles. The first-order chi connectivity index (χ1) is 6.50. The second-order valence-electron chi connectivity index (χ2n) is 3.45. The number of carboxylic acid groups (broad SMARTS) is 2. The van der Waals surface area contributed by atoms with Gasteiger partial charge in [-0.05, 0) is 12.3 Å². The van der Waals surface area contributed by atoms with E-state index in [0.717, 1.165) is 0 Å². The van der Waals surface area contributed by atoms with Crippen molar-refractivity contribution in [3.05, 3.63) is 0 Å². The molecule has 0 amide bonds. The lowest BCUT2D eigenvalue weighted by Crippen LogP contribution is -2.34. The predicted molar refractivity (Wildman–Crippen MR) is 44.3 cm³/mol. The summed E-state index contributed by atoms with van der Waals surface area (Å²) in [6.07, 6.45) is 0.0720. The van der Waals surface area contributed by atoms with Gasteiger partial charge in [0, 0.05) is 5.92 Å². The number of alkyl halides is 1. The van der Waals surface area contributed by atoms with E-state index in [1.165, 1.54) is 0 Å². The van der Waals surface area contributed by atoms with E-state index in [0.29, 0.717) is 0 Å². The molecule has 0 aromatic carbocycles. The molecule has 1 saturated carbocycles. The molecule has 5 nitrogen and oxygen atoms in total. The standard InChI is InChI=1S/C8H12FNO4/c9-2-1-3-4(5(3)7(11)12)6(10)8(13)14/h3-6H,1-2,10H2,(H,11,12)(H,13,14)/t3-,4+,5+,6+/m1/s1. The zero-order valence-electron chi connectivity index (χ0n) is 7.39. The maximum Gasteiger partial charge on any atom is 0.320 e. The molecule has 0 bridgehead atoms. The van der Waals surface area contributed by atoms with Crippen molar-refractivity contribution in [3.8, 4) is 0 Å². The molecule has 6 heteroatoms. The van der Waals surface area contributed by atoms with Gasteiger partial charge in [-0.25, -0.2) is 0 Å². The lowest BCUT2D eigenvalue weighted by atomic mass is 10.1. The minimum Gasteiger partial charge on any atom is -0.481 e. The Morgan fingerprint density at radius 2 is 2.00 bits per heavy atom. The summed E-state index contributed by atoms with van der Waals surface area (Å²) in [5.74, 6) is -4.17. The van der Waals surface area contributed by atoms with E-state index >= 15 is 0 Å². The van der Waals surface area contributed by atoms with Gasteiger partial charge >= 0.3 is 11.9 Å². The summed E-state index contributed by atoms with van der Waals surface area (Å²) < 4.78 is 12.0. The summed E-state index contributed by atoms with van der Waals surface area (Å²) in [5, 5.41) is 17.2. The van der Waals surface area contributed by atoms with Crippen LogP contribution in [0.15, 0.2) is 0 Å². The molecule has 0 unspecified atom stereocenters. The van der Waals surface area contributed by atoms with Crippen LogP contribution in [0.4, 0.5) is 4.39 Å². The highest BCUT2D eigenvalue weighted by Gasteiger charge is 2.58. The first-order valence-corrected chi connectivity index (χ1v) is 4.27. The molecule has 0 aromatic rings. The summed E-state index contributed by atoms with van der Waals surface area (Å²) in [7, 11) is 0. The molecule has 0 spiro atoms. The van der Waals surface area contributed by atoms with Crippen molar-refractivity contribution in [1.82, 2.24) is 0 Å². The second-order valence-corrected chi connectivity index (χ2v) is 3.45. The van der Waals surface area contributed by atoms with Crippen molar-refractivity contribution in [2.24, 2.45) is 23.5 Å². The van der Waals surface area contributed by atoms with E-state index < -0.39 is 42.4 Å². The summed E-state index contributed by atoms with van der Waals surface area (Å²) >= 11 is 0. The average molecular weight is 205 g/mol. The summed E-state index contributed by atoms with van der Waals surface area (Å²) in [4.78, 5) is 21.1. The molecule has 0 heterocycles. The van der Waals surface area contributed by atoms with E-state index in [2.05, 4.69) is 0 Å². The van der Waals surface area contributed by atoms with Crippen LogP contribution in [0.1, 0.15) is 6.42 Å². The number of rotatable bonds is 5. The Balaban J connectivity index is 2.62. The van der Waals surface area contributed by atoms with Crippen LogP contribution in [-0.2, 0) is 9.59 Å². The third kappa shape index (κ3) is 1.84. The third-order valence-electron chi connectivity index (χ3n) is 2.66. The van der Waals surface area contributed by atoms with Gasteiger partial charge in [0.25, 0.3) is 0 Å². The molecule has 4 atom stereocenters. The van der Waals surface area contributed by atoms with Crippen molar-refractivity contribution < 1.29 is 24.2 Å². The SMILES string of the molecule is N[C@H](C(=O)O)[C@H]1[C@@H](CCF)[C@@H]1C(=O)O. The van der Waals surface area contributed by atoms with Crippen molar-refractivity contribution in [1.29, 1.82) is 0 Å². The molecule has 4 N–H and O–H groups in total. The molecule has 1 fully saturated rings. The van der Waals surface area contributed by atoms with E-state index in [1.54, 1.807) is 0 Å². The minimum atomic E-state index is -1.23. The van der Waals surface area contributed by atoms with Crippen LogP contribution in [0.25, 0.3) is 0 Å². The molecule has 0 saturated heterocycles. The highest BCUT2D eigenvalue weighted by Crippen LogP contribution is 2.50. The van der Waals surface area contributed by atoms with Crippen LogP contribution in [0, 0.1) is 17.8 Å². The van der Waals surface area contributed by atoms with Gasteiger partial charge in [0.15, 0.2) is 0 Å². The molecule has 1 aliphatic rings. The Hall–Kier alpha value is -1.17. The molecule has 80 valence electrons. The fraction of sp³-hybridized carbons (Fsp3) is 0.750. The van der Waals surface area contributed by atoms with Crippen LogP contribution in [0.3, 0.4) is 0 Å². The molecular weight excluding hydrogens is 193 g/mol. The van der Waals surface area contributed by atoms with Gasteiger partial charge in [-0.2, -0.15) is 0 Å². The zero-order chi connectivity index (χ0) is 10.9. The number of carbonyl (C=O) groups is 2. The Labute approximate surface area is 79.7 Å². The van der Waals surface area contributed by atoms with Crippen LogP contribution in [0.2, 0.25) is 0 Å². The predicted octanol–water partition coefficient (Wildman–Crippen LogP) is -0.295. The third-order valence-corrected chi connectivity index (χ3v) is 2.66. The highest BCUT2D eigenvalue weighted by atomic mass is 19.1. The number of hydrogen-bond donors (Lipinski definition) is 3. The Morgan fingerprint density at radius 3 is 2.36 bits per heavy atom. The Kier molecular flexibility index (Phi) is 3.05. The monoisotopic (exact) mass is 205 g/mol. The number of halogens is 1. The van der Waals surface area contributed by atoms with E-state index in [-0.39, 0.29) is 6.42 Å². The topological polar surface area (TPSA) is 101 Å². The first-order valence-electron chi connectivity index (χ1n) is 4.27. The number of nitrogens with two attached hydrogens (primary N) is 1. The van der Waals surface area contributed by atoms with Gasteiger partial charge in [-0.3, -0.25) is 14.0 Å². The lowest BCUT2D eigenvalue weighted by Gasteiger charge is -2.03. The maximum atomic E-state index is 12.0. The zero-order valence-corrected chi connectivity index (χ0v) is 7.39. The number of carboxylic acids is 2. The molecule has 0 radical (unpaired) electrons. The molecule has 0 aliphatic heterocycles. The van der Waals surface area contributed by atoms with Crippen LogP contribution in [-0.4, -0.2) is 34.9 Å². The normalized spacial score (nSPS) is 32.3. The van der Waals surface area contributed by atoms with Gasteiger partial charge < -0.3 is 15.9 Å². The highest BCUT2D eigenvalue weighted by molar-refractivity contribution is 5.80. The molecular formula is C8H12FNO4. The van der Waals surface area contributed by atoms with E-state index in [1.807, 2.05) is 0 Å². The fourth-order valence-electron chi connectivity index (χ4n) is 1.90. The minimum absolute atomic E-state index is 0.0720. The Bertz CT molecular complexity index is 258. The van der Waals surface area contributed by atoms with E-state index in [9.17, 15) is 14.0 Å². The molecule has 0 aromatic heterocycles. The quantitative estimate of drug-likeness (QED) is 0.572. The smallest absolute Gasteiger partial charge is 0.320 e. The largest absolute Gasteiger partial charge is 0.481 e. The van der Waals surface area contributed by atoms with E-state index in [4.69, 9.17) is 15.9 Å². The van der Waals surface area contributed by atoms with Crippen LogP contribution in [0.5, 0.6) is 0 Å². The van der Waals surface area contributed by atoms with Crippen molar-refractivity contribution in [2.75, 3.05) is 6.67 Å². The van der Waals surface area contributed by atoms with Gasteiger partial charge in [0.1, 0.15) is 6.04 Å². The van der Waals surface area contributed by atoms with Crippen molar-refractivity contribution >= 4 is 11.9 Å².